The Labute approximate surface area is 79.5 Å². The minimum absolute atomic E-state index is 0.675. The molecule has 2 fully saturated rings. The highest BCUT2D eigenvalue weighted by atomic mass is 19.1. The molecule has 0 unspecified atom stereocenters. The van der Waals surface area contributed by atoms with Crippen LogP contribution in [0.4, 0.5) is 4.39 Å². The molecule has 0 aromatic rings. The number of hydrogen-bond donors (Lipinski definition) is 1. The van der Waals surface area contributed by atoms with Crippen molar-refractivity contribution < 1.29 is 4.39 Å². The van der Waals surface area contributed by atoms with E-state index in [4.69, 9.17) is 0 Å². The van der Waals surface area contributed by atoms with Crippen LogP contribution in [0.25, 0.3) is 0 Å². The Kier molecular flexibility index (Phi) is 2.84. The van der Waals surface area contributed by atoms with Crippen molar-refractivity contribution in [3.05, 3.63) is 0 Å². The van der Waals surface area contributed by atoms with Gasteiger partial charge in [-0.3, -0.25) is 0 Å². The summed E-state index contributed by atoms with van der Waals surface area (Å²) in [5.41, 5.74) is -0.893. The van der Waals surface area contributed by atoms with Crippen LogP contribution in [-0.4, -0.2) is 43.3 Å². The van der Waals surface area contributed by atoms with E-state index in [0.29, 0.717) is 19.4 Å². The fourth-order valence-electron chi connectivity index (χ4n) is 2.37. The third kappa shape index (κ3) is 2.41. The third-order valence-corrected chi connectivity index (χ3v) is 3.21. The molecule has 0 amide bonds. The highest BCUT2D eigenvalue weighted by Crippen LogP contribution is 2.25. The topological polar surface area (TPSA) is 15.3 Å². The van der Waals surface area contributed by atoms with Crippen LogP contribution in [0.3, 0.4) is 0 Å². The number of likely N-dealkylation sites (tertiary alicyclic amines) is 1. The smallest absolute Gasteiger partial charge is 0.126 e. The van der Waals surface area contributed by atoms with Gasteiger partial charge in [0.25, 0.3) is 0 Å². The van der Waals surface area contributed by atoms with Crippen LogP contribution in [-0.2, 0) is 0 Å². The SMILES string of the molecule is FC1(CN2CCCC2)CCNCC1. The number of nitrogens with one attached hydrogen (secondary N) is 1. The van der Waals surface area contributed by atoms with Gasteiger partial charge in [-0.2, -0.15) is 0 Å². The largest absolute Gasteiger partial charge is 0.316 e. The maximum absolute atomic E-state index is 14.1. The highest BCUT2D eigenvalue weighted by molar-refractivity contribution is 4.88. The molecule has 2 heterocycles. The quantitative estimate of drug-likeness (QED) is 0.696. The zero-order valence-electron chi connectivity index (χ0n) is 8.19. The lowest BCUT2D eigenvalue weighted by atomic mass is 9.94. The third-order valence-electron chi connectivity index (χ3n) is 3.21. The van der Waals surface area contributed by atoms with E-state index < -0.39 is 5.67 Å². The van der Waals surface area contributed by atoms with Crippen molar-refractivity contribution in [2.24, 2.45) is 0 Å². The molecule has 0 aromatic carbocycles. The lowest BCUT2D eigenvalue weighted by Gasteiger charge is -2.33. The van der Waals surface area contributed by atoms with Crippen molar-refractivity contribution in [2.75, 3.05) is 32.7 Å². The minimum atomic E-state index is -0.893. The number of nitrogens with zero attached hydrogens (tertiary/aromatic N) is 1. The lowest BCUT2D eigenvalue weighted by Crippen LogP contribution is -2.46. The summed E-state index contributed by atoms with van der Waals surface area (Å²) in [6.45, 7) is 4.60. The molecule has 0 aliphatic carbocycles. The first-order chi connectivity index (χ1) is 6.29. The van der Waals surface area contributed by atoms with Crippen LogP contribution in [0.1, 0.15) is 25.7 Å². The molecule has 13 heavy (non-hydrogen) atoms. The molecule has 76 valence electrons. The number of halogens is 1. The van der Waals surface area contributed by atoms with Crippen molar-refractivity contribution >= 4 is 0 Å². The molecule has 2 aliphatic rings. The van der Waals surface area contributed by atoms with Gasteiger partial charge in [-0.15, -0.1) is 0 Å². The molecule has 2 saturated heterocycles. The minimum Gasteiger partial charge on any atom is -0.316 e. The van der Waals surface area contributed by atoms with E-state index in [1.807, 2.05) is 0 Å². The summed E-state index contributed by atoms with van der Waals surface area (Å²) in [7, 11) is 0. The van der Waals surface area contributed by atoms with E-state index in [9.17, 15) is 4.39 Å². The normalized spacial score (nSPS) is 29.3. The average molecular weight is 186 g/mol. The van der Waals surface area contributed by atoms with Crippen LogP contribution in [0.15, 0.2) is 0 Å². The molecule has 0 atom stereocenters. The summed E-state index contributed by atoms with van der Waals surface area (Å²) in [5.74, 6) is 0. The Hall–Kier alpha value is -0.150. The Bertz CT molecular complexity index is 160. The van der Waals surface area contributed by atoms with E-state index in [2.05, 4.69) is 10.2 Å². The lowest BCUT2D eigenvalue weighted by molar-refractivity contribution is 0.0712. The number of hydrogen-bond acceptors (Lipinski definition) is 2. The molecule has 0 saturated carbocycles. The van der Waals surface area contributed by atoms with E-state index in [1.54, 1.807) is 0 Å². The second kappa shape index (κ2) is 3.93. The van der Waals surface area contributed by atoms with E-state index in [1.165, 1.54) is 12.8 Å². The van der Waals surface area contributed by atoms with Crippen LogP contribution >= 0.6 is 0 Å². The van der Waals surface area contributed by atoms with E-state index in [0.717, 1.165) is 26.2 Å². The monoisotopic (exact) mass is 186 g/mol. The summed E-state index contributed by atoms with van der Waals surface area (Å²) in [4.78, 5) is 2.28. The molecule has 0 spiro atoms. The first-order valence-electron chi connectivity index (χ1n) is 5.41. The zero-order chi connectivity index (χ0) is 9.15. The van der Waals surface area contributed by atoms with Crippen molar-refractivity contribution in [1.82, 2.24) is 10.2 Å². The molecule has 2 aliphatic heterocycles. The summed E-state index contributed by atoms with van der Waals surface area (Å²) >= 11 is 0. The number of rotatable bonds is 2. The van der Waals surface area contributed by atoms with E-state index >= 15 is 0 Å². The summed E-state index contributed by atoms with van der Waals surface area (Å²) in [5, 5.41) is 3.21. The Morgan fingerprint density at radius 2 is 1.77 bits per heavy atom. The van der Waals surface area contributed by atoms with Gasteiger partial charge in [0.2, 0.25) is 0 Å². The van der Waals surface area contributed by atoms with Crippen LogP contribution < -0.4 is 5.32 Å². The maximum atomic E-state index is 14.1. The second-order valence-electron chi connectivity index (χ2n) is 4.38. The van der Waals surface area contributed by atoms with Gasteiger partial charge in [-0.25, -0.2) is 4.39 Å². The summed E-state index contributed by atoms with van der Waals surface area (Å²) < 4.78 is 14.1. The maximum Gasteiger partial charge on any atom is 0.126 e. The molecule has 0 radical (unpaired) electrons. The van der Waals surface area contributed by atoms with Gasteiger partial charge in [0.05, 0.1) is 0 Å². The fourth-order valence-corrected chi connectivity index (χ4v) is 2.37. The van der Waals surface area contributed by atoms with Crippen molar-refractivity contribution in [2.45, 2.75) is 31.4 Å². The molecular weight excluding hydrogens is 167 g/mol. The highest BCUT2D eigenvalue weighted by Gasteiger charge is 2.34. The molecule has 2 nitrogen and oxygen atoms in total. The predicted octanol–water partition coefficient (Wildman–Crippen LogP) is 1.17. The standard InChI is InChI=1S/C10H19FN2/c11-10(3-5-12-6-4-10)9-13-7-1-2-8-13/h12H,1-9H2. The van der Waals surface area contributed by atoms with Crippen LogP contribution in [0, 0.1) is 0 Å². The molecule has 0 bridgehead atoms. The van der Waals surface area contributed by atoms with Crippen molar-refractivity contribution in [3.63, 3.8) is 0 Å². The number of piperidine rings is 1. The summed E-state index contributed by atoms with van der Waals surface area (Å²) in [6, 6.07) is 0. The number of alkyl halides is 1. The van der Waals surface area contributed by atoms with Crippen molar-refractivity contribution in [1.29, 1.82) is 0 Å². The van der Waals surface area contributed by atoms with Gasteiger partial charge < -0.3 is 10.2 Å². The van der Waals surface area contributed by atoms with Crippen molar-refractivity contribution in [3.8, 4) is 0 Å². The van der Waals surface area contributed by atoms with Gasteiger partial charge >= 0.3 is 0 Å². The zero-order valence-corrected chi connectivity index (χ0v) is 8.19. The van der Waals surface area contributed by atoms with Crippen LogP contribution in [0.5, 0.6) is 0 Å². The van der Waals surface area contributed by atoms with Gasteiger partial charge in [0.15, 0.2) is 0 Å². The Balaban J connectivity index is 1.83. The Morgan fingerprint density at radius 3 is 2.38 bits per heavy atom. The van der Waals surface area contributed by atoms with Gasteiger partial charge in [0, 0.05) is 6.54 Å². The fraction of sp³-hybridized carbons (Fsp3) is 1.00. The molecule has 2 rings (SSSR count). The predicted molar refractivity (Wildman–Crippen MR) is 51.6 cm³/mol. The molecular formula is C10H19FN2. The van der Waals surface area contributed by atoms with Gasteiger partial charge in [0.1, 0.15) is 5.67 Å². The molecule has 3 heteroatoms. The van der Waals surface area contributed by atoms with E-state index in [-0.39, 0.29) is 0 Å². The Morgan fingerprint density at radius 1 is 1.15 bits per heavy atom. The average Bonchev–Trinajstić information content (AvgIpc) is 2.57. The van der Waals surface area contributed by atoms with Crippen LogP contribution in [0.2, 0.25) is 0 Å². The molecule has 1 N–H and O–H groups in total. The second-order valence-corrected chi connectivity index (χ2v) is 4.38. The first kappa shape index (κ1) is 9.41. The van der Waals surface area contributed by atoms with Gasteiger partial charge in [-0.05, 0) is 51.9 Å². The first-order valence-corrected chi connectivity index (χ1v) is 5.41. The van der Waals surface area contributed by atoms with Gasteiger partial charge in [-0.1, -0.05) is 0 Å². The summed E-state index contributed by atoms with van der Waals surface area (Å²) in [6.07, 6.45) is 3.91. The molecule has 0 aromatic heterocycles.